The summed E-state index contributed by atoms with van der Waals surface area (Å²) in [5.41, 5.74) is -1.49. The number of nitro groups is 1. The van der Waals surface area contributed by atoms with Crippen LogP contribution in [0.3, 0.4) is 0 Å². The van der Waals surface area contributed by atoms with Gasteiger partial charge in [0.2, 0.25) is 11.4 Å². The summed E-state index contributed by atoms with van der Waals surface area (Å²) < 4.78 is 18.7. The summed E-state index contributed by atoms with van der Waals surface area (Å²) in [5, 5.41) is 14.8. The number of hydrogen-bond donors (Lipinski definition) is 0. The van der Waals surface area contributed by atoms with Crippen molar-refractivity contribution >= 4 is 29.0 Å². The summed E-state index contributed by atoms with van der Waals surface area (Å²) in [6.07, 6.45) is 1.69. The Kier molecular flexibility index (Phi) is 4.16. The van der Waals surface area contributed by atoms with Crippen LogP contribution in [-0.4, -0.2) is 28.8 Å². The van der Waals surface area contributed by atoms with E-state index in [4.69, 9.17) is 21.2 Å². The molecule has 1 unspecified atom stereocenters. The van der Waals surface area contributed by atoms with E-state index >= 15 is 0 Å². The molecule has 0 saturated heterocycles. The number of nitrogens with zero attached hydrogens (tertiary/aromatic N) is 2. The largest absolute Gasteiger partial charge is 0.463 e. The van der Waals surface area contributed by atoms with Crippen LogP contribution in [0.1, 0.15) is 31.7 Å². The highest BCUT2D eigenvalue weighted by molar-refractivity contribution is 6.34. The van der Waals surface area contributed by atoms with Gasteiger partial charge in [0.1, 0.15) is 0 Å². The van der Waals surface area contributed by atoms with Crippen LogP contribution < -0.4 is 0 Å². The van der Waals surface area contributed by atoms with Crippen LogP contribution in [0.2, 0.25) is 5.02 Å². The lowest BCUT2D eigenvalue weighted by molar-refractivity contribution is -0.387. The van der Waals surface area contributed by atoms with E-state index in [1.54, 1.807) is 6.92 Å². The molecule has 128 valence electrons. The minimum Gasteiger partial charge on any atom is -0.463 e. The van der Waals surface area contributed by atoms with Crippen molar-refractivity contribution in [2.45, 2.75) is 31.8 Å². The van der Waals surface area contributed by atoms with Crippen LogP contribution in [-0.2, 0) is 14.4 Å². The monoisotopic (exact) mass is 356 g/mol. The minimum atomic E-state index is -1.22. The van der Waals surface area contributed by atoms with E-state index in [1.807, 2.05) is 0 Å². The molecular formula is C15H14ClFN2O5. The minimum absolute atomic E-state index is 0.0213. The molecular weight excluding hydrogens is 343 g/mol. The van der Waals surface area contributed by atoms with Gasteiger partial charge < -0.3 is 9.57 Å². The van der Waals surface area contributed by atoms with Crippen molar-refractivity contribution in [2.75, 3.05) is 6.61 Å². The summed E-state index contributed by atoms with van der Waals surface area (Å²) in [4.78, 5) is 27.8. The van der Waals surface area contributed by atoms with Crippen molar-refractivity contribution in [1.29, 1.82) is 0 Å². The van der Waals surface area contributed by atoms with Crippen LogP contribution in [0, 0.1) is 21.8 Å². The molecule has 1 atom stereocenters. The third kappa shape index (κ3) is 2.71. The molecule has 1 aliphatic heterocycles. The first-order valence-electron chi connectivity index (χ1n) is 7.45. The van der Waals surface area contributed by atoms with E-state index in [-0.39, 0.29) is 35.2 Å². The van der Waals surface area contributed by atoms with Gasteiger partial charge in [-0.2, -0.15) is 4.39 Å². The molecule has 0 spiro atoms. The van der Waals surface area contributed by atoms with Crippen molar-refractivity contribution in [3.63, 3.8) is 0 Å². The third-order valence-corrected chi connectivity index (χ3v) is 4.46. The number of ether oxygens (including phenoxy) is 1. The number of hydrogen-bond acceptors (Lipinski definition) is 6. The number of carbonyl (C=O) groups excluding carboxylic acids is 1. The Morgan fingerprint density at radius 3 is 2.88 bits per heavy atom. The van der Waals surface area contributed by atoms with Crippen LogP contribution >= 0.6 is 11.6 Å². The second-order valence-electron chi connectivity index (χ2n) is 5.73. The molecule has 24 heavy (non-hydrogen) atoms. The van der Waals surface area contributed by atoms with Crippen LogP contribution in [0.5, 0.6) is 0 Å². The molecule has 1 aliphatic carbocycles. The summed E-state index contributed by atoms with van der Waals surface area (Å²) in [7, 11) is 0. The fourth-order valence-corrected chi connectivity index (χ4v) is 3.05. The molecule has 0 bridgehead atoms. The maximum atomic E-state index is 13.6. The second kappa shape index (κ2) is 6.01. The first kappa shape index (κ1) is 16.6. The van der Waals surface area contributed by atoms with Gasteiger partial charge in [0, 0.05) is 30.0 Å². The molecule has 3 rings (SSSR count). The molecule has 2 aliphatic rings. The number of nitro benzene ring substituents is 1. The van der Waals surface area contributed by atoms with Crippen LogP contribution in [0.25, 0.3) is 0 Å². The standard InChI is InChI=1S/C15H14ClFN2O5/c1-2-23-14(20)15(8-3-4-8)7-12(18-24-15)9-5-13(19(21)22)11(17)6-10(9)16/h5-6,8H,2-4,7H2,1H3. The molecule has 0 N–H and O–H groups in total. The third-order valence-electron chi connectivity index (χ3n) is 4.15. The highest BCUT2D eigenvalue weighted by Crippen LogP contribution is 2.48. The van der Waals surface area contributed by atoms with E-state index in [2.05, 4.69) is 5.16 Å². The fourth-order valence-electron chi connectivity index (χ4n) is 2.79. The maximum Gasteiger partial charge on any atom is 0.354 e. The van der Waals surface area contributed by atoms with E-state index in [1.165, 1.54) is 0 Å². The lowest BCUT2D eigenvalue weighted by Gasteiger charge is -2.23. The second-order valence-corrected chi connectivity index (χ2v) is 6.14. The smallest absolute Gasteiger partial charge is 0.354 e. The molecule has 9 heteroatoms. The Morgan fingerprint density at radius 2 is 2.29 bits per heavy atom. The number of oxime groups is 1. The molecule has 1 heterocycles. The fraction of sp³-hybridized carbons (Fsp3) is 0.467. The summed E-state index contributed by atoms with van der Waals surface area (Å²) in [6, 6.07) is 1.87. The van der Waals surface area contributed by atoms with E-state index in [0.29, 0.717) is 0 Å². The van der Waals surface area contributed by atoms with E-state index < -0.39 is 28.0 Å². The van der Waals surface area contributed by atoms with Crippen molar-refractivity contribution < 1.29 is 23.7 Å². The predicted octanol–water partition coefficient (Wildman–Crippen LogP) is 3.22. The Balaban J connectivity index is 1.93. The first-order valence-corrected chi connectivity index (χ1v) is 7.83. The Morgan fingerprint density at radius 1 is 1.58 bits per heavy atom. The van der Waals surface area contributed by atoms with E-state index in [0.717, 1.165) is 25.0 Å². The van der Waals surface area contributed by atoms with Crippen molar-refractivity contribution in [1.82, 2.24) is 0 Å². The molecule has 1 aromatic rings. The highest BCUT2D eigenvalue weighted by atomic mass is 35.5. The zero-order valence-corrected chi connectivity index (χ0v) is 13.5. The highest BCUT2D eigenvalue weighted by Gasteiger charge is 2.58. The predicted molar refractivity (Wildman–Crippen MR) is 82.4 cm³/mol. The van der Waals surface area contributed by atoms with Gasteiger partial charge in [-0.1, -0.05) is 16.8 Å². The topological polar surface area (TPSA) is 91.0 Å². The van der Waals surface area contributed by atoms with Gasteiger partial charge in [-0.05, 0) is 19.8 Å². The quantitative estimate of drug-likeness (QED) is 0.459. The van der Waals surface area contributed by atoms with E-state index in [9.17, 15) is 19.3 Å². The number of rotatable bonds is 5. The summed E-state index contributed by atoms with van der Waals surface area (Å²) >= 11 is 6.00. The zero-order chi connectivity index (χ0) is 17.5. The number of halogens is 2. The van der Waals surface area contributed by atoms with Crippen LogP contribution in [0.15, 0.2) is 17.3 Å². The van der Waals surface area contributed by atoms with Gasteiger partial charge in [-0.15, -0.1) is 0 Å². The van der Waals surface area contributed by atoms with Gasteiger partial charge in [-0.3, -0.25) is 10.1 Å². The summed E-state index contributed by atoms with van der Waals surface area (Å²) in [5.74, 6) is -1.57. The average molecular weight is 357 g/mol. The number of carbonyl (C=O) groups is 1. The normalized spacial score (nSPS) is 22.7. The lowest BCUT2D eigenvalue weighted by Crippen LogP contribution is -2.42. The number of esters is 1. The number of benzene rings is 1. The molecule has 0 amide bonds. The van der Waals surface area contributed by atoms with Gasteiger partial charge in [-0.25, -0.2) is 4.79 Å². The van der Waals surface area contributed by atoms with Gasteiger partial charge in [0.25, 0.3) is 0 Å². The molecule has 0 aromatic heterocycles. The average Bonchev–Trinajstić information content (AvgIpc) is 3.28. The van der Waals surface area contributed by atoms with Gasteiger partial charge in [0.05, 0.1) is 22.3 Å². The molecule has 1 fully saturated rings. The Bertz CT molecular complexity index is 750. The van der Waals surface area contributed by atoms with Gasteiger partial charge >= 0.3 is 11.7 Å². The van der Waals surface area contributed by atoms with Crippen LogP contribution in [0.4, 0.5) is 10.1 Å². The van der Waals surface area contributed by atoms with Crippen molar-refractivity contribution in [3.8, 4) is 0 Å². The first-order chi connectivity index (χ1) is 11.4. The Hall–Kier alpha value is -2.22. The zero-order valence-electron chi connectivity index (χ0n) is 12.8. The lowest BCUT2D eigenvalue weighted by atomic mass is 9.89. The van der Waals surface area contributed by atoms with Crippen molar-refractivity contribution in [3.05, 3.63) is 38.7 Å². The molecule has 1 saturated carbocycles. The van der Waals surface area contributed by atoms with Gasteiger partial charge in [0.15, 0.2) is 0 Å². The molecule has 0 radical (unpaired) electrons. The SMILES string of the molecule is CCOC(=O)C1(C2CC2)CC(c2cc([N+](=O)[O-])c(F)cc2Cl)=NO1. The molecule has 7 nitrogen and oxygen atoms in total. The molecule has 1 aromatic carbocycles. The Labute approximate surface area is 141 Å². The maximum absolute atomic E-state index is 13.6. The van der Waals surface area contributed by atoms with Crippen molar-refractivity contribution in [2.24, 2.45) is 11.1 Å². The summed E-state index contributed by atoms with van der Waals surface area (Å²) in [6.45, 7) is 1.89.